The zero-order valence-corrected chi connectivity index (χ0v) is 14.4. The number of rotatable bonds is 5. The lowest BCUT2D eigenvalue weighted by Crippen LogP contribution is -2.45. The molecule has 3 aromatic rings. The van der Waals surface area contributed by atoms with Crippen molar-refractivity contribution in [2.75, 3.05) is 0 Å². The van der Waals surface area contributed by atoms with Crippen molar-refractivity contribution in [2.45, 2.75) is 30.8 Å². The molecule has 1 unspecified atom stereocenters. The summed E-state index contributed by atoms with van der Waals surface area (Å²) in [6.45, 7) is 4.01. The highest BCUT2D eigenvalue weighted by Crippen LogP contribution is 2.22. The van der Waals surface area contributed by atoms with Crippen LogP contribution in [0.15, 0.2) is 47.6 Å². The van der Waals surface area contributed by atoms with Crippen LogP contribution in [0, 0.1) is 0 Å². The Kier molecular flexibility index (Phi) is 4.59. The molecule has 0 amide bonds. The molecular formula is C16H17ClN4OS. The molecule has 2 N–H and O–H groups in total. The van der Waals surface area contributed by atoms with Gasteiger partial charge >= 0.3 is 0 Å². The van der Waals surface area contributed by atoms with Gasteiger partial charge in [0.2, 0.25) is 0 Å². The van der Waals surface area contributed by atoms with E-state index in [1.165, 1.54) is 0 Å². The number of pyridine rings is 1. The van der Waals surface area contributed by atoms with Crippen LogP contribution in [0.5, 0.6) is 0 Å². The van der Waals surface area contributed by atoms with Gasteiger partial charge in [0.25, 0.3) is 5.03 Å². The number of aromatic amines is 1. The van der Waals surface area contributed by atoms with Gasteiger partial charge in [-0.25, -0.2) is 4.98 Å². The highest BCUT2D eigenvalue weighted by atomic mass is 35.5. The molecule has 3 rings (SSSR count). The van der Waals surface area contributed by atoms with Crippen molar-refractivity contribution >= 4 is 34.0 Å². The summed E-state index contributed by atoms with van der Waals surface area (Å²) in [5.74, 6) is 0. The number of halogens is 1. The molecule has 0 saturated heterocycles. The number of fused-ring (bicyclic) bond motifs is 1. The average Bonchev–Trinajstić information content (AvgIpc) is 2.93. The van der Waals surface area contributed by atoms with Crippen LogP contribution in [-0.2, 0) is 17.8 Å². The predicted molar refractivity (Wildman–Crippen MR) is 92.7 cm³/mol. The van der Waals surface area contributed by atoms with E-state index in [-0.39, 0.29) is 5.54 Å². The lowest BCUT2D eigenvalue weighted by Gasteiger charge is -2.25. The quantitative estimate of drug-likeness (QED) is 0.694. The molecule has 0 bridgehead atoms. The van der Waals surface area contributed by atoms with Crippen molar-refractivity contribution in [3.63, 3.8) is 0 Å². The Morgan fingerprint density at radius 2 is 2.00 bits per heavy atom. The number of nitrogens with one attached hydrogen (secondary N) is 2. The van der Waals surface area contributed by atoms with E-state index < -0.39 is 11.4 Å². The minimum atomic E-state index is -1.43. The number of hydrogen-bond acceptors (Lipinski definition) is 4. The van der Waals surface area contributed by atoms with Crippen molar-refractivity contribution in [1.82, 2.24) is 19.9 Å². The fraction of sp³-hybridized carbons (Fsp3) is 0.250. The van der Waals surface area contributed by atoms with Crippen molar-refractivity contribution in [3.05, 3.63) is 53.2 Å². The standard InChI is InChI=1S/C16H17ClN4OS/c1-16(2,10-11-5-7-12(17)8-6-11)21-23(22)15-13-4-3-9-18-14(13)19-20-15/h3-9,21H,10H2,1-2H3,(H,18,19,20). The Morgan fingerprint density at radius 3 is 2.74 bits per heavy atom. The van der Waals surface area contributed by atoms with Gasteiger partial charge < -0.3 is 4.55 Å². The number of nitrogens with zero attached hydrogens (tertiary/aromatic N) is 2. The highest BCUT2D eigenvalue weighted by molar-refractivity contribution is 7.89. The molecule has 0 spiro atoms. The minimum Gasteiger partial charge on any atom is -0.592 e. The Morgan fingerprint density at radius 1 is 1.26 bits per heavy atom. The summed E-state index contributed by atoms with van der Waals surface area (Å²) in [6.07, 6.45) is 2.39. The third-order valence-corrected chi connectivity index (χ3v) is 5.06. The van der Waals surface area contributed by atoms with Crippen molar-refractivity contribution in [2.24, 2.45) is 0 Å². The Balaban J connectivity index is 1.75. The van der Waals surface area contributed by atoms with Gasteiger partial charge in [0.05, 0.1) is 10.9 Å². The maximum Gasteiger partial charge on any atom is 0.293 e. The third kappa shape index (κ3) is 3.84. The minimum absolute atomic E-state index is 0.369. The second-order valence-corrected chi connectivity index (χ2v) is 7.55. The van der Waals surface area contributed by atoms with E-state index in [1.54, 1.807) is 12.3 Å². The van der Waals surface area contributed by atoms with Gasteiger partial charge in [-0.3, -0.25) is 5.10 Å². The van der Waals surface area contributed by atoms with Crippen LogP contribution in [0.25, 0.3) is 11.0 Å². The maximum atomic E-state index is 12.6. The van der Waals surface area contributed by atoms with Crippen molar-refractivity contribution in [1.29, 1.82) is 0 Å². The van der Waals surface area contributed by atoms with E-state index >= 15 is 0 Å². The Hall–Kier alpha value is -1.60. The van der Waals surface area contributed by atoms with Crippen LogP contribution in [0.2, 0.25) is 5.02 Å². The topological polar surface area (TPSA) is 76.7 Å². The molecule has 0 aliphatic rings. The molecule has 7 heteroatoms. The van der Waals surface area contributed by atoms with Gasteiger partial charge in [-0.05, 0) is 50.1 Å². The van der Waals surface area contributed by atoms with E-state index in [4.69, 9.17) is 11.6 Å². The Bertz CT molecular complexity index is 803. The molecule has 0 radical (unpaired) electrons. The van der Waals surface area contributed by atoms with Crippen molar-refractivity contribution in [3.8, 4) is 0 Å². The fourth-order valence-corrected chi connectivity index (χ4v) is 3.71. The highest BCUT2D eigenvalue weighted by Gasteiger charge is 2.29. The molecule has 2 aromatic heterocycles. The molecule has 1 atom stereocenters. The molecule has 1 aromatic carbocycles. The van der Waals surface area contributed by atoms with E-state index in [9.17, 15) is 4.55 Å². The molecule has 0 fully saturated rings. The van der Waals surface area contributed by atoms with E-state index in [0.29, 0.717) is 15.7 Å². The summed E-state index contributed by atoms with van der Waals surface area (Å²) < 4.78 is 15.8. The number of aromatic nitrogens is 3. The van der Waals surface area contributed by atoms with Crippen LogP contribution in [0.1, 0.15) is 19.4 Å². The van der Waals surface area contributed by atoms with Crippen LogP contribution in [-0.4, -0.2) is 25.3 Å². The average molecular weight is 349 g/mol. The normalized spacial score (nSPS) is 13.4. The van der Waals surface area contributed by atoms with Gasteiger partial charge in [0, 0.05) is 11.2 Å². The van der Waals surface area contributed by atoms with Crippen LogP contribution >= 0.6 is 11.6 Å². The van der Waals surface area contributed by atoms with Crippen LogP contribution in [0.4, 0.5) is 0 Å². The summed E-state index contributed by atoms with van der Waals surface area (Å²) in [5, 5.41) is 8.87. The molecule has 5 nitrogen and oxygen atoms in total. The first-order valence-corrected chi connectivity index (χ1v) is 8.70. The van der Waals surface area contributed by atoms with Gasteiger partial charge in [-0.2, -0.15) is 0 Å². The molecule has 0 aliphatic heterocycles. The van der Waals surface area contributed by atoms with E-state index in [0.717, 1.165) is 17.4 Å². The van der Waals surface area contributed by atoms with Gasteiger partial charge in [0.1, 0.15) is 11.4 Å². The second kappa shape index (κ2) is 6.49. The summed E-state index contributed by atoms with van der Waals surface area (Å²) in [6, 6.07) is 11.3. The zero-order chi connectivity index (χ0) is 16.4. The first-order valence-electron chi connectivity index (χ1n) is 7.18. The smallest absolute Gasteiger partial charge is 0.293 e. The summed E-state index contributed by atoms with van der Waals surface area (Å²) in [7, 11) is 0. The summed E-state index contributed by atoms with van der Waals surface area (Å²) >= 11 is 4.48. The molecule has 2 heterocycles. The van der Waals surface area contributed by atoms with Crippen LogP contribution < -0.4 is 4.72 Å². The lowest BCUT2D eigenvalue weighted by molar-refractivity contribution is 0.449. The molecular weight excluding hydrogens is 332 g/mol. The number of hydrogen-bond donors (Lipinski definition) is 2. The first kappa shape index (κ1) is 16.3. The fourth-order valence-electron chi connectivity index (χ4n) is 2.42. The zero-order valence-electron chi connectivity index (χ0n) is 12.8. The summed E-state index contributed by atoms with van der Waals surface area (Å²) in [5.41, 5.74) is 1.39. The van der Waals surface area contributed by atoms with Crippen LogP contribution in [0.3, 0.4) is 0 Å². The molecule has 120 valence electrons. The SMILES string of the molecule is CC(C)(Cc1ccc(Cl)cc1)N[S+]([O-])c1n[nH]c2ncccc12. The number of benzene rings is 1. The first-order chi connectivity index (χ1) is 10.9. The summed E-state index contributed by atoms with van der Waals surface area (Å²) in [4.78, 5) is 4.16. The molecule has 0 aliphatic carbocycles. The Labute approximate surface area is 142 Å². The van der Waals surface area contributed by atoms with Gasteiger partial charge in [-0.15, -0.1) is 9.82 Å². The van der Waals surface area contributed by atoms with Gasteiger partial charge in [0.15, 0.2) is 5.65 Å². The van der Waals surface area contributed by atoms with E-state index in [1.807, 2.05) is 44.2 Å². The van der Waals surface area contributed by atoms with Crippen molar-refractivity contribution < 1.29 is 4.55 Å². The number of H-pyrrole nitrogens is 1. The largest absolute Gasteiger partial charge is 0.592 e. The maximum absolute atomic E-state index is 12.6. The van der Waals surface area contributed by atoms with Gasteiger partial charge in [-0.1, -0.05) is 23.7 Å². The monoisotopic (exact) mass is 348 g/mol. The lowest BCUT2D eigenvalue weighted by atomic mass is 9.96. The third-order valence-electron chi connectivity index (χ3n) is 3.41. The second-order valence-electron chi connectivity index (χ2n) is 5.99. The molecule has 23 heavy (non-hydrogen) atoms. The predicted octanol–water partition coefficient (Wildman–Crippen LogP) is 3.24. The molecule has 0 saturated carbocycles. The van der Waals surface area contributed by atoms with E-state index in [2.05, 4.69) is 19.9 Å².